The van der Waals surface area contributed by atoms with E-state index in [1.807, 2.05) is 7.05 Å². The van der Waals surface area contributed by atoms with Gasteiger partial charge in [0.1, 0.15) is 5.82 Å². The van der Waals surface area contributed by atoms with E-state index < -0.39 is 11.7 Å². The molecule has 19 heavy (non-hydrogen) atoms. The van der Waals surface area contributed by atoms with Crippen LogP contribution in [0, 0.1) is 0 Å². The summed E-state index contributed by atoms with van der Waals surface area (Å²) >= 11 is 3.03. The van der Waals surface area contributed by atoms with Crippen molar-refractivity contribution in [3.8, 4) is 0 Å². The maximum absolute atomic E-state index is 12.9. The van der Waals surface area contributed by atoms with Gasteiger partial charge in [-0.1, -0.05) is 0 Å². The summed E-state index contributed by atoms with van der Waals surface area (Å²) < 4.78 is 39.2. The molecule has 1 saturated heterocycles. The summed E-state index contributed by atoms with van der Waals surface area (Å²) in [5.74, 6) is -0.0870. The van der Waals surface area contributed by atoms with Crippen molar-refractivity contribution in [2.45, 2.75) is 25.1 Å². The van der Waals surface area contributed by atoms with Crippen molar-refractivity contribution >= 4 is 21.7 Å². The Hall–Kier alpha value is -0.820. The Bertz CT molecular complexity index is 450. The maximum Gasteiger partial charge on any atom is 0.419 e. The molecule has 0 radical (unpaired) electrons. The summed E-state index contributed by atoms with van der Waals surface area (Å²) in [5.41, 5.74) is -0.727. The molecular weight excluding hydrogens is 323 g/mol. The van der Waals surface area contributed by atoms with Gasteiger partial charge >= 0.3 is 6.18 Å². The van der Waals surface area contributed by atoms with Gasteiger partial charge in [0.05, 0.1) is 5.56 Å². The Morgan fingerprint density at radius 3 is 2.84 bits per heavy atom. The van der Waals surface area contributed by atoms with Crippen LogP contribution in [0.1, 0.15) is 18.4 Å². The maximum atomic E-state index is 12.9. The first-order chi connectivity index (χ1) is 8.86. The molecule has 7 heteroatoms. The van der Waals surface area contributed by atoms with Crippen molar-refractivity contribution < 1.29 is 13.2 Å². The highest BCUT2D eigenvalue weighted by Gasteiger charge is 2.35. The van der Waals surface area contributed by atoms with Crippen molar-refractivity contribution in [1.82, 2.24) is 9.88 Å². The fourth-order valence-electron chi connectivity index (χ4n) is 2.25. The molecule has 1 unspecified atom stereocenters. The molecule has 1 aliphatic heterocycles. The number of hydrogen-bond donors (Lipinski definition) is 1. The number of aromatic nitrogens is 1. The predicted octanol–water partition coefficient (Wildman–Crippen LogP) is 3.37. The second-order valence-electron chi connectivity index (χ2n) is 4.79. The molecule has 0 bridgehead atoms. The molecule has 2 heterocycles. The largest absolute Gasteiger partial charge is 0.419 e. The predicted molar refractivity (Wildman–Crippen MR) is 71.1 cm³/mol. The van der Waals surface area contributed by atoms with Crippen LogP contribution in [0.4, 0.5) is 19.0 Å². The molecule has 3 nitrogen and oxygen atoms in total. The molecule has 1 aromatic heterocycles. The molecule has 0 aromatic carbocycles. The summed E-state index contributed by atoms with van der Waals surface area (Å²) in [7, 11) is 1.97. The minimum Gasteiger partial charge on any atom is -0.366 e. The van der Waals surface area contributed by atoms with E-state index in [9.17, 15) is 13.2 Å². The highest BCUT2D eigenvalue weighted by atomic mass is 79.9. The fourth-order valence-corrected chi connectivity index (χ4v) is 2.58. The molecule has 1 atom stereocenters. The third-order valence-corrected chi connectivity index (χ3v) is 3.56. The molecule has 1 aliphatic rings. The third-order valence-electron chi connectivity index (χ3n) is 3.13. The van der Waals surface area contributed by atoms with Crippen LogP contribution >= 0.6 is 15.9 Å². The summed E-state index contributed by atoms with van der Waals surface area (Å²) in [6, 6.07) is 1.07. The van der Waals surface area contributed by atoms with E-state index in [2.05, 4.69) is 31.1 Å². The average Bonchev–Trinajstić information content (AvgIpc) is 2.30. The van der Waals surface area contributed by atoms with Gasteiger partial charge in [-0.2, -0.15) is 13.2 Å². The van der Waals surface area contributed by atoms with E-state index in [0.29, 0.717) is 4.47 Å². The Kier molecular flexibility index (Phi) is 4.35. The van der Waals surface area contributed by atoms with E-state index in [1.165, 1.54) is 6.20 Å². The molecule has 1 fully saturated rings. The van der Waals surface area contributed by atoms with Gasteiger partial charge in [0, 0.05) is 23.3 Å². The lowest BCUT2D eigenvalue weighted by Gasteiger charge is -2.31. The third kappa shape index (κ3) is 3.82. The SMILES string of the molecule is CN1CCCC(Nc2ncc(Br)cc2C(F)(F)F)C1. The van der Waals surface area contributed by atoms with Gasteiger partial charge in [-0.25, -0.2) is 4.98 Å². The molecule has 1 N–H and O–H groups in total. The van der Waals surface area contributed by atoms with Crippen LogP contribution in [0.2, 0.25) is 0 Å². The van der Waals surface area contributed by atoms with Gasteiger partial charge in [-0.05, 0) is 48.4 Å². The monoisotopic (exact) mass is 337 g/mol. The van der Waals surface area contributed by atoms with Crippen LogP contribution in [-0.2, 0) is 6.18 Å². The van der Waals surface area contributed by atoms with Gasteiger partial charge in [-0.3, -0.25) is 0 Å². The van der Waals surface area contributed by atoms with Gasteiger partial charge in [0.25, 0.3) is 0 Å². The zero-order chi connectivity index (χ0) is 14.0. The molecule has 0 amide bonds. The van der Waals surface area contributed by atoms with E-state index >= 15 is 0 Å². The Morgan fingerprint density at radius 1 is 1.47 bits per heavy atom. The first-order valence-electron chi connectivity index (χ1n) is 6.04. The second kappa shape index (κ2) is 5.66. The number of piperidine rings is 1. The van der Waals surface area contributed by atoms with Crippen molar-refractivity contribution in [3.05, 3.63) is 22.3 Å². The first kappa shape index (κ1) is 14.6. The van der Waals surface area contributed by atoms with E-state index in [-0.39, 0.29) is 11.9 Å². The summed E-state index contributed by atoms with van der Waals surface area (Å²) in [6.07, 6.45) is -1.19. The quantitative estimate of drug-likeness (QED) is 0.896. The number of nitrogens with one attached hydrogen (secondary N) is 1. The molecule has 106 valence electrons. The number of nitrogens with zero attached hydrogens (tertiary/aromatic N) is 2. The second-order valence-corrected chi connectivity index (χ2v) is 5.71. The first-order valence-corrected chi connectivity index (χ1v) is 6.83. The van der Waals surface area contributed by atoms with E-state index in [4.69, 9.17) is 0 Å². The van der Waals surface area contributed by atoms with Crippen LogP contribution < -0.4 is 5.32 Å². The standard InChI is InChI=1S/C12H15BrF3N3/c1-19-4-2-3-9(7-19)18-11-10(12(14,15)16)5-8(13)6-17-11/h5-6,9H,2-4,7H2,1H3,(H,17,18). The normalized spacial score (nSPS) is 21.4. The van der Waals surface area contributed by atoms with Gasteiger partial charge in [0.15, 0.2) is 0 Å². The Balaban J connectivity index is 2.20. The number of rotatable bonds is 2. The summed E-state index contributed by atoms with van der Waals surface area (Å²) in [4.78, 5) is 5.97. The Morgan fingerprint density at radius 2 is 2.21 bits per heavy atom. The van der Waals surface area contributed by atoms with E-state index in [1.54, 1.807) is 0 Å². The summed E-state index contributed by atoms with van der Waals surface area (Å²) in [6.45, 7) is 1.72. The molecular formula is C12H15BrF3N3. The lowest BCUT2D eigenvalue weighted by Crippen LogP contribution is -2.40. The van der Waals surface area contributed by atoms with Crippen LogP contribution in [0.15, 0.2) is 16.7 Å². The van der Waals surface area contributed by atoms with Crippen molar-refractivity contribution in [2.24, 2.45) is 0 Å². The zero-order valence-corrected chi connectivity index (χ0v) is 12.1. The minimum atomic E-state index is -4.40. The molecule has 2 rings (SSSR count). The number of likely N-dealkylation sites (N-methyl/N-ethyl adjacent to an activating group) is 1. The molecule has 1 aromatic rings. The van der Waals surface area contributed by atoms with Crippen molar-refractivity contribution in [1.29, 1.82) is 0 Å². The van der Waals surface area contributed by atoms with Crippen molar-refractivity contribution in [2.75, 3.05) is 25.5 Å². The number of likely N-dealkylation sites (tertiary alicyclic amines) is 1. The smallest absolute Gasteiger partial charge is 0.366 e. The molecule has 0 aliphatic carbocycles. The fraction of sp³-hybridized carbons (Fsp3) is 0.583. The van der Waals surface area contributed by atoms with Crippen LogP contribution in [0.3, 0.4) is 0 Å². The lowest BCUT2D eigenvalue weighted by molar-refractivity contribution is -0.137. The van der Waals surface area contributed by atoms with Gasteiger partial charge < -0.3 is 10.2 Å². The Labute approximate surface area is 118 Å². The van der Waals surface area contributed by atoms with Crippen LogP contribution in [0.5, 0.6) is 0 Å². The van der Waals surface area contributed by atoms with Gasteiger partial charge in [0.2, 0.25) is 0 Å². The zero-order valence-electron chi connectivity index (χ0n) is 10.5. The van der Waals surface area contributed by atoms with Crippen LogP contribution in [-0.4, -0.2) is 36.1 Å². The average molecular weight is 338 g/mol. The highest BCUT2D eigenvalue weighted by Crippen LogP contribution is 2.35. The molecule has 0 saturated carbocycles. The van der Waals surface area contributed by atoms with Crippen LogP contribution in [0.25, 0.3) is 0 Å². The highest BCUT2D eigenvalue weighted by molar-refractivity contribution is 9.10. The summed E-state index contributed by atoms with van der Waals surface area (Å²) in [5, 5.41) is 2.92. The number of alkyl halides is 3. The minimum absolute atomic E-state index is 0.00789. The van der Waals surface area contributed by atoms with Gasteiger partial charge in [-0.15, -0.1) is 0 Å². The van der Waals surface area contributed by atoms with E-state index in [0.717, 1.165) is 32.0 Å². The number of anilines is 1. The number of halogens is 4. The number of hydrogen-bond acceptors (Lipinski definition) is 3. The number of pyridine rings is 1. The topological polar surface area (TPSA) is 28.2 Å². The lowest BCUT2D eigenvalue weighted by atomic mass is 10.1. The van der Waals surface area contributed by atoms with Crippen molar-refractivity contribution in [3.63, 3.8) is 0 Å². The molecule has 0 spiro atoms.